The van der Waals surface area contributed by atoms with Crippen LogP contribution >= 0.6 is 0 Å². The smallest absolute Gasteiger partial charge is 0.408 e. The van der Waals surface area contributed by atoms with Crippen LogP contribution in [0.3, 0.4) is 0 Å². The van der Waals surface area contributed by atoms with E-state index in [1.54, 1.807) is 20.8 Å². The zero-order valence-electron chi connectivity index (χ0n) is 16.3. The molecule has 158 valence electrons. The van der Waals surface area contributed by atoms with Gasteiger partial charge in [0.05, 0.1) is 12.2 Å². The van der Waals surface area contributed by atoms with Gasteiger partial charge in [-0.3, -0.25) is 0 Å². The number of carbonyl (C=O) groups excluding carboxylic acids is 1. The lowest BCUT2D eigenvalue weighted by atomic mass is 9.87. The van der Waals surface area contributed by atoms with Crippen molar-refractivity contribution in [2.45, 2.75) is 63.6 Å². The molecule has 0 aliphatic heterocycles. The van der Waals surface area contributed by atoms with Gasteiger partial charge in [0.1, 0.15) is 23.0 Å². The molecule has 0 saturated heterocycles. The van der Waals surface area contributed by atoms with Crippen molar-refractivity contribution < 1.29 is 28.2 Å². The van der Waals surface area contributed by atoms with Crippen molar-refractivity contribution in [1.82, 2.24) is 19.9 Å². The lowest BCUT2D eigenvalue weighted by Crippen LogP contribution is -2.59. The zero-order chi connectivity index (χ0) is 21.4. The molecule has 2 atom stereocenters. The van der Waals surface area contributed by atoms with Crippen molar-refractivity contribution in [1.29, 1.82) is 0 Å². The third-order valence-corrected chi connectivity index (χ3v) is 4.49. The van der Waals surface area contributed by atoms with E-state index >= 15 is 0 Å². The molecule has 11 heteroatoms. The summed E-state index contributed by atoms with van der Waals surface area (Å²) in [5, 5.41) is 18.3. The zero-order valence-corrected chi connectivity index (χ0v) is 16.3. The molecule has 2 aromatic rings. The van der Waals surface area contributed by atoms with Gasteiger partial charge in [-0.1, -0.05) is 0 Å². The number of carboxylic acid groups (broad SMARTS) is 1. The summed E-state index contributed by atoms with van der Waals surface area (Å²) < 4.78 is 35.5. The second kappa shape index (κ2) is 7.45. The highest BCUT2D eigenvalue weighted by Crippen LogP contribution is 2.35. The van der Waals surface area contributed by atoms with Gasteiger partial charge in [-0.2, -0.15) is 5.10 Å². The highest BCUT2D eigenvalue weighted by atomic mass is 19.3. The van der Waals surface area contributed by atoms with Crippen LogP contribution in [0, 0.1) is 0 Å². The van der Waals surface area contributed by atoms with E-state index in [9.17, 15) is 23.5 Å². The number of amides is 1. The quantitative estimate of drug-likeness (QED) is 0.708. The monoisotopic (exact) mass is 411 g/mol. The molecular formula is C18H23F2N5O4. The summed E-state index contributed by atoms with van der Waals surface area (Å²) in [7, 11) is 0. The number of halogens is 2. The Kier molecular flexibility index (Phi) is 5.33. The van der Waals surface area contributed by atoms with Crippen molar-refractivity contribution in [3.05, 3.63) is 24.0 Å². The molecule has 0 unspecified atom stereocenters. The highest BCUT2D eigenvalue weighted by Gasteiger charge is 2.48. The van der Waals surface area contributed by atoms with Gasteiger partial charge in [-0.25, -0.2) is 27.9 Å². The highest BCUT2D eigenvalue weighted by molar-refractivity contribution is 5.94. The van der Waals surface area contributed by atoms with Gasteiger partial charge >= 0.3 is 12.1 Å². The van der Waals surface area contributed by atoms with Crippen LogP contribution in [-0.4, -0.2) is 55.4 Å². The second-order valence-electron chi connectivity index (χ2n) is 7.97. The summed E-state index contributed by atoms with van der Waals surface area (Å²) in [4.78, 5) is 27.6. The van der Waals surface area contributed by atoms with Crippen molar-refractivity contribution in [3.63, 3.8) is 0 Å². The van der Waals surface area contributed by atoms with E-state index in [1.807, 2.05) is 0 Å². The lowest BCUT2D eigenvalue weighted by Gasteiger charge is -2.39. The van der Waals surface area contributed by atoms with E-state index in [1.165, 1.54) is 16.8 Å². The van der Waals surface area contributed by atoms with Gasteiger partial charge in [-0.05, 0) is 39.7 Å². The van der Waals surface area contributed by atoms with Crippen LogP contribution in [0.15, 0.2) is 18.5 Å². The molecule has 1 saturated carbocycles. The standard InChI is InChI=1S/C18H23F2N5O4/c1-17(2,3)29-16(28)24-13-11(5-4-7-18(13,19)20)22-12-6-8-25-14(23-12)10(9-21-25)15(26)27/h6,8-9,11,13H,4-5,7H2,1-3H3,(H,22,23)(H,24,28)(H,26,27)/t11-,13-/m1/s1. The Morgan fingerprint density at radius 3 is 2.76 bits per heavy atom. The molecule has 0 bridgehead atoms. The van der Waals surface area contributed by atoms with Crippen LogP contribution in [0.2, 0.25) is 0 Å². The van der Waals surface area contributed by atoms with Crippen LogP contribution in [0.1, 0.15) is 50.4 Å². The van der Waals surface area contributed by atoms with Crippen LogP contribution in [0.5, 0.6) is 0 Å². The molecule has 29 heavy (non-hydrogen) atoms. The first-order valence-corrected chi connectivity index (χ1v) is 9.18. The molecule has 2 heterocycles. The molecule has 1 aliphatic rings. The maximum absolute atomic E-state index is 14.6. The number of nitrogens with zero attached hydrogens (tertiary/aromatic N) is 3. The van der Waals surface area contributed by atoms with E-state index in [0.717, 1.165) is 6.20 Å². The fraction of sp³-hybridized carbons (Fsp3) is 0.556. The van der Waals surface area contributed by atoms with Crippen LogP contribution in [0.25, 0.3) is 5.65 Å². The van der Waals surface area contributed by atoms with E-state index in [-0.39, 0.29) is 29.9 Å². The minimum Gasteiger partial charge on any atom is -0.477 e. The van der Waals surface area contributed by atoms with Gasteiger partial charge in [0.25, 0.3) is 5.92 Å². The third kappa shape index (κ3) is 4.72. The molecule has 1 amide bonds. The number of ether oxygens (including phenoxy) is 1. The van der Waals surface area contributed by atoms with Crippen LogP contribution in [-0.2, 0) is 4.74 Å². The molecule has 1 aliphatic carbocycles. The Labute approximate surface area is 165 Å². The molecule has 3 rings (SSSR count). The maximum Gasteiger partial charge on any atom is 0.408 e. The van der Waals surface area contributed by atoms with Gasteiger partial charge in [0.2, 0.25) is 0 Å². The molecular weight excluding hydrogens is 388 g/mol. The van der Waals surface area contributed by atoms with Crippen molar-refractivity contribution in [2.75, 3.05) is 5.32 Å². The molecule has 2 aromatic heterocycles. The first kappa shape index (κ1) is 20.7. The van der Waals surface area contributed by atoms with E-state index in [0.29, 0.717) is 6.42 Å². The summed E-state index contributed by atoms with van der Waals surface area (Å²) in [5.41, 5.74) is -0.841. The number of rotatable bonds is 4. The molecule has 0 radical (unpaired) electrons. The number of anilines is 1. The predicted molar refractivity (Wildman–Crippen MR) is 99.3 cm³/mol. The fourth-order valence-corrected chi connectivity index (χ4v) is 3.26. The normalized spacial score (nSPS) is 21.6. The first-order chi connectivity index (χ1) is 13.5. The number of aromatic carboxylic acids is 1. The Balaban J connectivity index is 1.83. The number of hydrogen-bond donors (Lipinski definition) is 3. The topological polar surface area (TPSA) is 118 Å². The molecule has 3 N–H and O–H groups in total. The van der Waals surface area contributed by atoms with Crippen LogP contribution in [0.4, 0.5) is 19.4 Å². The van der Waals surface area contributed by atoms with E-state index < -0.39 is 35.7 Å². The number of carboxylic acids is 1. The summed E-state index contributed by atoms with van der Waals surface area (Å²) in [6, 6.07) is -0.825. The average molecular weight is 411 g/mol. The minimum atomic E-state index is -3.14. The molecule has 9 nitrogen and oxygen atoms in total. The van der Waals surface area contributed by atoms with Gasteiger partial charge in [-0.15, -0.1) is 0 Å². The average Bonchev–Trinajstić information content (AvgIpc) is 2.99. The number of carbonyl (C=O) groups is 2. The number of alkyl carbamates (subject to hydrolysis) is 1. The third-order valence-electron chi connectivity index (χ3n) is 4.49. The molecule has 0 spiro atoms. The Morgan fingerprint density at radius 1 is 1.38 bits per heavy atom. The van der Waals surface area contributed by atoms with E-state index in [4.69, 9.17) is 4.74 Å². The largest absolute Gasteiger partial charge is 0.477 e. The summed E-state index contributed by atoms with van der Waals surface area (Å²) >= 11 is 0. The number of hydrogen-bond acceptors (Lipinski definition) is 6. The lowest BCUT2D eigenvalue weighted by molar-refractivity contribution is -0.0691. The minimum absolute atomic E-state index is 0.0849. The summed E-state index contributed by atoms with van der Waals surface area (Å²) in [6.45, 7) is 4.93. The SMILES string of the molecule is CC(C)(C)OC(=O)N[C@@H]1[C@H](Nc2ccn3ncc(C(=O)O)c3n2)CCCC1(F)F. The Morgan fingerprint density at radius 2 is 2.10 bits per heavy atom. The van der Waals surface area contributed by atoms with E-state index in [2.05, 4.69) is 20.7 Å². The number of nitrogens with one attached hydrogen (secondary N) is 2. The van der Waals surface area contributed by atoms with Crippen LogP contribution < -0.4 is 10.6 Å². The summed E-state index contributed by atoms with van der Waals surface area (Å²) in [5.74, 6) is -4.13. The Hall–Kier alpha value is -2.98. The van der Waals surface area contributed by atoms with Gasteiger partial charge in [0, 0.05) is 12.6 Å². The predicted octanol–water partition coefficient (Wildman–Crippen LogP) is 2.92. The maximum atomic E-state index is 14.6. The second-order valence-corrected chi connectivity index (χ2v) is 7.97. The Bertz CT molecular complexity index is 925. The van der Waals surface area contributed by atoms with Crippen molar-refractivity contribution in [3.8, 4) is 0 Å². The van der Waals surface area contributed by atoms with Crippen molar-refractivity contribution in [2.24, 2.45) is 0 Å². The number of fused-ring (bicyclic) bond motifs is 1. The number of alkyl halides is 2. The van der Waals surface area contributed by atoms with Gasteiger partial charge < -0.3 is 20.5 Å². The van der Waals surface area contributed by atoms with Crippen molar-refractivity contribution >= 4 is 23.5 Å². The molecule has 0 aromatic carbocycles. The fourth-order valence-electron chi connectivity index (χ4n) is 3.26. The van der Waals surface area contributed by atoms with Gasteiger partial charge in [0.15, 0.2) is 5.65 Å². The first-order valence-electron chi connectivity index (χ1n) is 9.18. The summed E-state index contributed by atoms with van der Waals surface area (Å²) in [6.07, 6.45) is 1.98. The number of aromatic nitrogens is 3. The molecule has 1 fully saturated rings.